The fraction of sp³-hybridized carbons (Fsp3) is 0. The van der Waals surface area contributed by atoms with Crippen LogP contribution in [0.3, 0.4) is 0 Å². The van der Waals surface area contributed by atoms with Crippen LogP contribution in [-0.2, 0) is 4.79 Å². The molecule has 0 fully saturated rings. The van der Waals surface area contributed by atoms with Crippen LogP contribution < -0.4 is 4.90 Å². The second kappa shape index (κ2) is 8.85. The molecule has 0 unspecified atom stereocenters. The maximum atomic E-state index is 11.0. The lowest BCUT2D eigenvalue weighted by Gasteiger charge is -2.25. The molecule has 0 saturated heterocycles. The number of nitrogens with zero attached hydrogens (tertiary/aromatic N) is 2. The van der Waals surface area contributed by atoms with Crippen molar-refractivity contribution in [1.82, 2.24) is 0 Å². The van der Waals surface area contributed by atoms with Gasteiger partial charge in [-0.05, 0) is 66.7 Å². The van der Waals surface area contributed by atoms with Gasteiger partial charge >= 0.3 is 5.97 Å². The van der Waals surface area contributed by atoms with Gasteiger partial charge in [-0.15, -0.1) is 0 Å². The summed E-state index contributed by atoms with van der Waals surface area (Å²) < 4.78 is 5.73. The summed E-state index contributed by atoms with van der Waals surface area (Å²) in [6.45, 7) is 6.95. The molecule has 3 aromatic carbocycles. The largest absolute Gasteiger partial charge is 0.486 e. The van der Waals surface area contributed by atoms with Crippen LogP contribution in [-0.4, -0.2) is 11.1 Å². The number of rotatable bonds is 6. The van der Waals surface area contributed by atoms with Gasteiger partial charge in [0.25, 0.3) is 5.70 Å². The third kappa shape index (κ3) is 4.39. The number of furan rings is 1. The molecular formula is C26H18N2O3. The minimum absolute atomic E-state index is 0.322. The molecular weight excluding hydrogens is 388 g/mol. The minimum atomic E-state index is -1.28. The van der Waals surface area contributed by atoms with Gasteiger partial charge < -0.3 is 14.4 Å². The molecule has 150 valence electrons. The normalized spacial score (nSPS) is 11.0. The van der Waals surface area contributed by atoms with Crippen LogP contribution in [0.2, 0.25) is 0 Å². The first-order valence-corrected chi connectivity index (χ1v) is 9.58. The lowest BCUT2D eigenvalue weighted by molar-refractivity contribution is -0.132. The molecule has 4 aromatic rings. The van der Waals surface area contributed by atoms with Gasteiger partial charge in [-0.25, -0.2) is 4.85 Å². The van der Waals surface area contributed by atoms with E-state index in [1.807, 2.05) is 60.7 Å². The maximum Gasteiger partial charge on any atom is 0.333 e. The quantitative estimate of drug-likeness (QED) is 0.284. The van der Waals surface area contributed by atoms with E-state index in [4.69, 9.17) is 16.1 Å². The number of para-hydroxylation sites is 2. The van der Waals surface area contributed by atoms with Crippen LogP contribution in [0.4, 0.5) is 17.1 Å². The zero-order valence-corrected chi connectivity index (χ0v) is 16.5. The van der Waals surface area contributed by atoms with Gasteiger partial charge in [0.2, 0.25) is 0 Å². The Labute approximate surface area is 179 Å². The summed E-state index contributed by atoms with van der Waals surface area (Å²) in [5.74, 6) is -0.361. The summed E-state index contributed by atoms with van der Waals surface area (Å²) in [6.07, 6.45) is 1.22. The third-order valence-corrected chi connectivity index (χ3v) is 4.68. The number of hydrogen-bond acceptors (Lipinski definition) is 3. The Morgan fingerprint density at radius 2 is 1.35 bits per heavy atom. The van der Waals surface area contributed by atoms with Crippen molar-refractivity contribution in [2.75, 3.05) is 4.90 Å². The smallest absolute Gasteiger partial charge is 0.333 e. The SMILES string of the molecule is [C-]#[N+]C(=Cc1ccc(-c2ccc(N(c3ccccc3)c3ccccc3)cc2)o1)C(=O)O. The zero-order valence-electron chi connectivity index (χ0n) is 16.5. The monoisotopic (exact) mass is 406 g/mol. The molecule has 0 amide bonds. The summed E-state index contributed by atoms with van der Waals surface area (Å²) in [5.41, 5.74) is 3.55. The Morgan fingerprint density at radius 3 is 1.87 bits per heavy atom. The van der Waals surface area contributed by atoms with E-state index in [-0.39, 0.29) is 0 Å². The number of hydrogen-bond donors (Lipinski definition) is 1. The molecule has 31 heavy (non-hydrogen) atoms. The number of carboxylic acid groups (broad SMARTS) is 1. The average molecular weight is 406 g/mol. The van der Waals surface area contributed by atoms with Crippen molar-refractivity contribution in [3.8, 4) is 11.3 Å². The van der Waals surface area contributed by atoms with E-state index in [1.54, 1.807) is 12.1 Å². The first-order valence-electron chi connectivity index (χ1n) is 9.58. The van der Waals surface area contributed by atoms with Crippen molar-refractivity contribution in [1.29, 1.82) is 0 Å². The summed E-state index contributed by atoms with van der Waals surface area (Å²) >= 11 is 0. The summed E-state index contributed by atoms with van der Waals surface area (Å²) in [4.78, 5) is 16.2. The van der Waals surface area contributed by atoms with Crippen LogP contribution in [0.15, 0.2) is 107 Å². The second-order valence-electron chi connectivity index (χ2n) is 6.70. The van der Waals surface area contributed by atoms with Crippen molar-refractivity contribution >= 4 is 29.1 Å². The van der Waals surface area contributed by atoms with Gasteiger partial charge in [-0.3, -0.25) is 4.79 Å². The number of aliphatic carboxylic acids is 1. The Kier molecular flexibility index (Phi) is 5.64. The van der Waals surface area contributed by atoms with Crippen molar-refractivity contribution in [3.63, 3.8) is 0 Å². The predicted octanol–water partition coefficient (Wildman–Crippen LogP) is 6.76. The molecule has 0 atom stereocenters. The first kappa shape index (κ1) is 19.7. The molecule has 1 N–H and O–H groups in total. The van der Waals surface area contributed by atoms with Crippen molar-refractivity contribution in [2.45, 2.75) is 0 Å². The van der Waals surface area contributed by atoms with Crippen molar-refractivity contribution < 1.29 is 14.3 Å². The van der Waals surface area contributed by atoms with E-state index < -0.39 is 11.7 Å². The average Bonchev–Trinajstić information content (AvgIpc) is 3.28. The van der Waals surface area contributed by atoms with E-state index in [0.29, 0.717) is 11.5 Å². The molecule has 5 heteroatoms. The molecule has 5 nitrogen and oxygen atoms in total. The van der Waals surface area contributed by atoms with Crippen LogP contribution in [0.25, 0.3) is 22.2 Å². The third-order valence-electron chi connectivity index (χ3n) is 4.68. The minimum Gasteiger partial charge on any atom is -0.486 e. The summed E-state index contributed by atoms with van der Waals surface area (Å²) in [6, 6.07) is 31.6. The molecule has 0 aliphatic heterocycles. The second-order valence-corrected chi connectivity index (χ2v) is 6.70. The van der Waals surface area contributed by atoms with Crippen LogP contribution >= 0.6 is 0 Å². The molecule has 0 spiro atoms. The topological polar surface area (TPSA) is 58.0 Å². The fourth-order valence-electron chi connectivity index (χ4n) is 3.24. The van der Waals surface area contributed by atoms with Crippen molar-refractivity contribution in [2.24, 2.45) is 0 Å². The summed E-state index contributed by atoms with van der Waals surface area (Å²) in [5, 5.41) is 9.00. The van der Waals surface area contributed by atoms with E-state index in [0.717, 1.165) is 22.6 Å². The van der Waals surface area contributed by atoms with Gasteiger partial charge in [0, 0.05) is 22.6 Å². The number of carboxylic acids is 1. The van der Waals surface area contributed by atoms with E-state index in [2.05, 4.69) is 34.0 Å². The van der Waals surface area contributed by atoms with Gasteiger partial charge in [0.1, 0.15) is 11.5 Å². The standard InChI is InChI=1S/C26H18N2O3/c1-27-24(26(29)30)18-23-16-17-25(31-23)19-12-14-22(15-13-19)28(20-8-4-2-5-9-20)21-10-6-3-7-11-21/h2-18H,(H,29,30). The van der Waals surface area contributed by atoms with E-state index in [1.165, 1.54) is 6.08 Å². The highest BCUT2D eigenvalue weighted by molar-refractivity contribution is 5.93. The number of anilines is 3. The lowest BCUT2D eigenvalue weighted by Crippen LogP contribution is -2.09. The molecule has 0 bridgehead atoms. The molecule has 0 radical (unpaired) electrons. The van der Waals surface area contributed by atoms with Gasteiger partial charge in [-0.1, -0.05) is 36.4 Å². The van der Waals surface area contributed by atoms with Gasteiger partial charge in [0.05, 0.1) is 6.57 Å². The maximum absolute atomic E-state index is 11.0. The number of benzene rings is 3. The van der Waals surface area contributed by atoms with Gasteiger partial charge in [0.15, 0.2) is 0 Å². The molecule has 1 aromatic heterocycles. The highest BCUT2D eigenvalue weighted by Crippen LogP contribution is 2.35. The highest BCUT2D eigenvalue weighted by atomic mass is 16.4. The van der Waals surface area contributed by atoms with Crippen LogP contribution in [0, 0.1) is 6.57 Å². The molecule has 1 heterocycles. The zero-order chi connectivity index (χ0) is 21.6. The molecule has 0 aliphatic rings. The molecule has 0 aliphatic carbocycles. The molecule has 4 rings (SSSR count). The van der Waals surface area contributed by atoms with E-state index in [9.17, 15) is 4.79 Å². The van der Waals surface area contributed by atoms with E-state index >= 15 is 0 Å². The lowest BCUT2D eigenvalue weighted by atomic mass is 10.1. The fourth-order valence-corrected chi connectivity index (χ4v) is 3.24. The summed E-state index contributed by atoms with van der Waals surface area (Å²) in [7, 11) is 0. The molecule has 0 saturated carbocycles. The van der Waals surface area contributed by atoms with Gasteiger partial charge in [-0.2, -0.15) is 0 Å². The number of carbonyl (C=O) groups is 1. The highest BCUT2D eigenvalue weighted by Gasteiger charge is 2.13. The first-order chi connectivity index (χ1) is 15.2. The Morgan fingerprint density at radius 1 is 0.806 bits per heavy atom. The Balaban J connectivity index is 1.66. The van der Waals surface area contributed by atoms with Crippen LogP contribution in [0.5, 0.6) is 0 Å². The Hall–Kier alpha value is -4.56. The predicted molar refractivity (Wildman–Crippen MR) is 121 cm³/mol. The van der Waals surface area contributed by atoms with Crippen molar-refractivity contribution in [3.05, 3.63) is 120 Å². The Bertz CT molecular complexity index is 1210. The van der Waals surface area contributed by atoms with Crippen LogP contribution in [0.1, 0.15) is 5.76 Å².